The lowest BCUT2D eigenvalue weighted by molar-refractivity contribution is -0.122. The molecule has 1 aromatic carbocycles. The van der Waals surface area contributed by atoms with Gasteiger partial charge in [-0.15, -0.1) is 0 Å². The monoisotopic (exact) mass is 435 g/mol. The summed E-state index contributed by atoms with van der Waals surface area (Å²) in [6.45, 7) is 2.52. The highest BCUT2D eigenvalue weighted by molar-refractivity contribution is 7.09. The van der Waals surface area contributed by atoms with Crippen molar-refractivity contribution >= 4 is 40.6 Å². The minimum absolute atomic E-state index is 0.0353. The Labute approximate surface area is 176 Å². The van der Waals surface area contributed by atoms with Crippen LogP contribution in [0, 0.1) is 5.82 Å². The van der Waals surface area contributed by atoms with E-state index in [9.17, 15) is 18.8 Å². The molecule has 0 bridgehead atoms. The zero-order chi connectivity index (χ0) is 21.8. The summed E-state index contributed by atoms with van der Waals surface area (Å²) in [4.78, 5) is 38.6. The standard InChI is InChI=1S/C19H22FN5O4S/c1-10(18(27)23-9-13-3-2-8-29-13)25(12-6-4-11(20)5-7-12)19(28)16-14(21)15(17(22)26)24-30-16/h4-7,10,13H,2-3,8-9,21H2,1H3,(H2,22,26)(H,23,27). The average molecular weight is 435 g/mol. The van der Waals surface area contributed by atoms with Gasteiger partial charge < -0.3 is 21.5 Å². The van der Waals surface area contributed by atoms with E-state index < -0.39 is 29.6 Å². The summed E-state index contributed by atoms with van der Waals surface area (Å²) in [6, 6.07) is 4.16. The van der Waals surface area contributed by atoms with Crippen molar-refractivity contribution in [1.29, 1.82) is 0 Å². The molecule has 160 valence electrons. The fourth-order valence-electron chi connectivity index (χ4n) is 3.14. The molecule has 11 heteroatoms. The van der Waals surface area contributed by atoms with E-state index in [0.717, 1.165) is 12.8 Å². The first-order valence-corrected chi connectivity index (χ1v) is 10.1. The Morgan fingerprint density at radius 1 is 1.37 bits per heavy atom. The number of benzene rings is 1. The predicted molar refractivity (Wildman–Crippen MR) is 110 cm³/mol. The van der Waals surface area contributed by atoms with Crippen LogP contribution in [0.4, 0.5) is 15.8 Å². The third-order valence-corrected chi connectivity index (χ3v) is 5.62. The summed E-state index contributed by atoms with van der Waals surface area (Å²) < 4.78 is 22.7. The number of nitrogens with two attached hydrogens (primary N) is 2. The molecular formula is C19H22FN5O4S. The molecule has 1 aliphatic rings. The Morgan fingerprint density at radius 3 is 2.63 bits per heavy atom. The van der Waals surface area contributed by atoms with Crippen molar-refractivity contribution in [3.05, 3.63) is 40.7 Å². The van der Waals surface area contributed by atoms with Gasteiger partial charge in [-0.3, -0.25) is 19.3 Å². The normalized spacial score (nSPS) is 16.8. The van der Waals surface area contributed by atoms with E-state index in [1.807, 2.05) is 0 Å². The van der Waals surface area contributed by atoms with E-state index in [0.29, 0.717) is 24.7 Å². The first-order chi connectivity index (χ1) is 14.3. The highest BCUT2D eigenvalue weighted by atomic mass is 32.1. The molecule has 3 rings (SSSR count). The van der Waals surface area contributed by atoms with Gasteiger partial charge >= 0.3 is 0 Å². The number of ether oxygens (including phenoxy) is 1. The molecule has 9 nitrogen and oxygen atoms in total. The summed E-state index contributed by atoms with van der Waals surface area (Å²) in [5.74, 6) is -2.42. The van der Waals surface area contributed by atoms with Gasteiger partial charge in [0.25, 0.3) is 11.8 Å². The van der Waals surface area contributed by atoms with Crippen LogP contribution >= 0.6 is 11.5 Å². The first-order valence-electron chi connectivity index (χ1n) is 9.33. The van der Waals surface area contributed by atoms with Gasteiger partial charge in [-0.05, 0) is 55.6 Å². The van der Waals surface area contributed by atoms with Crippen molar-refractivity contribution in [2.24, 2.45) is 5.73 Å². The summed E-state index contributed by atoms with van der Waals surface area (Å²) >= 11 is 0.709. The fourth-order valence-corrected chi connectivity index (χ4v) is 3.88. The maximum absolute atomic E-state index is 13.4. The highest BCUT2D eigenvalue weighted by Crippen LogP contribution is 2.27. The van der Waals surface area contributed by atoms with Crippen LogP contribution in [0.5, 0.6) is 0 Å². The van der Waals surface area contributed by atoms with E-state index in [1.54, 1.807) is 0 Å². The maximum Gasteiger partial charge on any atom is 0.272 e. The summed E-state index contributed by atoms with van der Waals surface area (Å²) in [6.07, 6.45) is 1.72. The fraction of sp³-hybridized carbons (Fsp3) is 0.368. The molecule has 1 fully saturated rings. The minimum atomic E-state index is -0.956. The highest BCUT2D eigenvalue weighted by Gasteiger charge is 2.32. The number of nitrogens with one attached hydrogen (secondary N) is 1. The Kier molecular flexibility index (Phi) is 6.63. The van der Waals surface area contributed by atoms with Gasteiger partial charge in [-0.1, -0.05) is 0 Å². The van der Waals surface area contributed by atoms with E-state index >= 15 is 0 Å². The average Bonchev–Trinajstić information content (AvgIpc) is 3.37. The van der Waals surface area contributed by atoms with Gasteiger partial charge in [0.15, 0.2) is 5.69 Å². The summed E-state index contributed by atoms with van der Waals surface area (Å²) in [7, 11) is 0. The van der Waals surface area contributed by atoms with Crippen LogP contribution in [0.1, 0.15) is 39.9 Å². The van der Waals surface area contributed by atoms with Gasteiger partial charge in [0.05, 0.1) is 11.8 Å². The zero-order valence-electron chi connectivity index (χ0n) is 16.3. The third-order valence-electron chi connectivity index (χ3n) is 4.77. The van der Waals surface area contributed by atoms with Crippen molar-refractivity contribution < 1.29 is 23.5 Å². The van der Waals surface area contributed by atoms with Crippen LogP contribution in [-0.4, -0.2) is 47.4 Å². The minimum Gasteiger partial charge on any atom is -0.395 e. The summed E-state index contributed by atoms with van der Waals surface area (Å²) in [5.41, 5.74) is 11.0. The molecule has 2 atom stereocenters. The molecule has 1 saturated heterocycles. The van der Waals surface area contributed by atoms with Crippen LogP contribution in [0.3, 0.4) is 0 Å². The lowest BCUT2D eigenvalue weighted by atomic mass is 10.1. The van der Waals surface area contributed by atoms with E-state index in [4.69, 9.17) is 16.2 Å². The SMILES string of the molecule is CC(C(=O)NCC1CCCO1)N(C(=O)c1snc(C(N)=O)c1N)c1ccc(F)cc1. The van der Waals surface area contributed by atoms with Crippen LogP contribution in [0.2, 0.25) is 0 Å². The van der Waals surface area contributed by atoms with Crippen LogP contribution in [-0.2, 0) is 9.53 Å². The van der Waals surface area contributed by atoms with Crippen molar-refractivity contribution in [3.8, 4) is 0 Å². The van der Waals surface area contributed by atoms with Crippen LogP contribution < -0.4 is 21.7 Å². The topological polar surface area (TPSA) is 141 Å². The van der Waals surface area contributed by atoms with E-state index in [-0.39, 0.29) is 28.0 Å². The van der Waals surface area contributed by atoms with Crippen molar-refractivity contribution in [2.75, 3.05) is 23.8 Å². The number of anilines is 2. The quantitative estimate of drug-likeness (QED) is 0.599. The van der Waals surface area contributed by atoms with Gasteiger partial charge in [0.2, 0.25) is 5.91 Å². The number of carbonyl (C=O) groups excluding carboxylic acids is 3. The number of carbonyl (C=O) groups is 3. The van der Waals surface area contributed by atoms with E-state index in [2.05, 4.69) is 9.69 Å². The Bertz CT molecular complexity index is 943. The molecule has 30 heavy (non-hydrogen) atoms. The summed E-state index contributed by atoms with van der Waals surface area (Å²) in [5, 5.41) is 2.78. The molecule has 2 unspecified atom stereocenters. The van der Waals surface area contributed by atoms with E-state index in [1.165, 1.54) is 36.1 Å². The molecule has 0 aliphatic carbocycles. The number of nitrogens with zero attached hydrogens (tertiary/aromatic N) is 2. The van der Waals surface area contributed by atoms with Crippen LogP contribution in [0.25, 0.3) is 0 Å². The molecule has 1 aliphatic heterocycles. The van der Waals surface area contributed by atoms with Gasteiger partial charge in [-0.2, -0.15) is 4.37 Å². The largest absolute Gasteiger partial charge is 0.395 e. The molecule has 3 amide bonds. The second-order valence-corrected chi connectivity index (χ2v) is 7.62. The zero-order valence-corrected chi connectivity index (χ0v) is 17.1. The molecule has 2 aromatic rings. The number of amides is 3. The van der Waals surface area contributed by atoms with Crippen molar-refractivity contribution in [1.82, 2.24) is 9.69 Å². The second kappa shape index (κ2) is 9.18. The first kappa shape index (κ1) is 21.7. The van der Waals surface area contributed by atoms with Gasteiger partial charge in [-0.25, -0.2) is 4.39 Å². The number of nitrogen functional groups attached to an aromatic ring is 1. The Morgan fingerprint density at radius 2 is 2.07 bits per heavy atom. The number of hydrogen-bond acceptors (Lipinski definition) is 7. The lowest BCUT2D eigenvalue weighted by Gasteiger charge is -2.28. The molecule has 0 spiro atoms. The number of halogens is 1. The maximum atomic E-state index is 13.4. The number of hydrogen-bond donors (Lipinski definition) is 3. The molecular weight excluding hydrogens is 413 g/mol. The smallest absolute Gasteiger partial charge is 0.272 e. The van der Waals surface area contributed by atoms with Crippen LogP contribution in [0.15, 0.2) is 24.3 Å². The molecule has 0 radical (unpaired) electrons. The number of rotatable bonds is 7. The van der Waals surface area contributed by atoms with Crippen molar-refractivity contribution in [2.45, 2.75) is 31.9 Å². The molecule has 1 aromatic heterocycles. The number of aromatic nitrogens is 1. The van der Waals surface area contributed by atoms with Crippen molar-refractivity contribution in [3.63, 3.8) is 0 Å². The molecule has 2 heterocycles. The third kappa shape index (κ3) is 4.57. The predicted octanol–water partition coefficient (Wildman–Crippen LogP) is 1.29. The Hall–Kier alpha value is -3.05. The molecule has 0 saturated carbocycles. The molecule has 5 N–H and O–H groups in total. The lowest BCUT2D eigenvalue weighted by Crippen LogP contribution is -2.49. The number of primary amides is 1. The van der Waals surface area contributed by atoms with Gasteiger partial charge in [0, 0.05) is 18.8 Å². The Balaban J connectivity index is 1.88. The van der Waals surface area contributed by atoms with Gasteiger partial charge in [0.1, 0.15) is 16.7 Å². The second-order valence-electron chi connectivity index (χ2n) is 6.85.